The topological polar surface area (TPSA) is 67.8 Å². The summed E-state index contributed by atoms with van der Waals surface area (Å²) < 4.78 is 141. The number of hydrogen-bond acceptors (Lipinski definition) is 4. The third-order valence-corrected chi connectivity index (χ3v) is 6.42. The summed E-state index contributed by atoms with van der Waals surface area (Å²) in [5.74, 6) is -4.88. The Labute approximate surface area is 247 Å². The lowest BCUT2D eigenvalue weighted by Gasteiger charge is -2.40. The molecule has 0 aliphatic carbocycles. The van der Waals surface area contributed by atoms with E-state index in [4.69, 9.17) is 0 Å². The first kappa shape index (κ1) is 33.1. The summed E-state index contributed by atoms with van der Waals surface area (Å²) in [5.41, 5.74) is -6.02. The Balaban J connectivity index is 2.01. The van der Waals surface area contributed by atoms with Crippen LogP contribution in [0.3, 0.4) is 0 Å². The predicted octanol–water partition coefficient (Wildman–Crippen LogP) is 8.05. The minimum absolute atomic E-state index is 0.0304. The summed E-state index contributed by atoms with van der Waals surface area (Å²) >= 11 is 0. The maximum Gasteiger partial charge on any atom is 0.573 e. The summed E-state index contributed by atoms with van der Waals surface area (Å²) in [5, 5.41) is 14.1. The molecule has 4 aromatic rings. The van der Waals surface area contributed by atoms with Crippen LogP contribution >= 0.6 is 0 Å². The number of rotatable bonds is 8. The zero-order chi connectivity index (χ0) is 33.2. The van der Waals surface area contributed by atoms with Crippen LogP contribution in [0.5, 0.6) is 11.5 Å². The van der Waals surface area contributed by atoms with Crippen LogP contribution in [0.1, 0.15) is 38.7 Å². The molecule has 238 valence electrons. The van der Waals surface area contributed by atoms with Gasteiger partial charge in [-0.15, -0.1) is 26.3 Å². The molecule has 0 spiro atoms. The number of ether oxygens (including phenoxy) is 2. The van der Waals surface area contributed by atoms with E-state index < -0.39 is 76.0 Å². The van der Waals surface area contributed by atoms with Gasteiger partial charge in [0, 0.05) is 5.56 Å². The summed E-state index contributed by atoms with van der Waals surface area (Å²) in [6.45, 7) is 0. The van der Waals surface area contributed by atoms with E-state index in [1.165, 1.54) is 30.3 Å². The zero-order valence-electron chi connectivity index (χ0n) is 22.3. The number of alkyl halides is 9. The Kier molecular flexibility index (Phi) is 9.05. The molecule has 45 heavy (non-hydrogen) atoms. The standard InChI is InChI=1S/C30H19F10NO4/c31-24-13-12-18(14-23(24)28(32,33)34)26(43)41-27(25(42)17-6-2-1-3-7-17,19-8-4-10-21(15-19)44-29(35,36)37)20-9-5-11-22(16-20)45-30(38,39)40/h1-16,25,42H,(H,41,43). The lowest BCUT2D eigenvalue weighted by atomic mass is 9.75. The Morgan fingerprint density at radius 3 is 1.64 bits per heavy atom. The van der Waals surface area contributed by atoms with Gasteiger partial charge in [0.25, 0.3) is 5.91 Å². The molecule has 4 rings (SSSR count). The molecule has 0 saturated carbocycles. The van der Waals surface area contributed by atoms with E-state index in [-0.39, 0.29) is 11.6 Å². The van der Waals surface area contributed by atoms with Crippen LogP contribution in [-0.2, 0) is 11.7 Å². The third kappa shape index (κ3) is 7.84. The van der Waals surface area contributed by atoms with Crippen LogP contribution in [0, 0.1) is 5.82 Å². The fraction of sp³-hybridized carbons (Fsp3) is 0.167. The van der Waals surface area contributed by atoms with Gasteiger partial charge in [-0.3, -0.25) is 4.79 Å². The number of carbonyl (C=O) groups is 1. The van der Waals surface area contributed by atoms with Gasteiger partial charge in [0.1, 0.15) is 29.0 Å². The van der Waals surface area contributed by atoms with Gasteiger partial charge in [0.2, 0.25) is 0 Å². The highest BCUT2D eigenvalue weighted by Crippen LogP contribution is 2.44. The van der Waals surface area contributed by atoms with Crippen molar-refractivity contribution < 1.29 is 63.3 Å². The van der Waals surface area contributed by atoms with Crippen LogP contribution < -0.4 is 14.8 Å². The van der Waals surface area contributed by atoms with E-state index in [0.29, 0.717) is 12.1 Å². The first-order chi connectivity index (χ1) is 20.9. The molecular weight excluding hydrogens is 628 g/mol. The molecule has 0 fully saturated rings. The number of carbonyl (C=O) groups excluding carboxylic acids is 1. The normalized spacial score (nSPS) is 13.2. The SMILES string of the molecule is O=C(NC(c1cccc(OC(F)(F)F)c1)(c1cccc(OC(F)(F)F)c1)C(O)c1ccccc1)c1ccc(F)c(C(F)(F)F)c1. The molecule has 4 aromatic carbocycles. The molecule has 0 radical (unpaired) electrons. The van der Waals surface area contributed by atoms with Gasteiger partial charge in [0.15, 0.2) is 0 Å². The molecule has 0 saturated heterocycles. The largest absolute Gasteiger partial charge is 0.573 e. The lowest BCUT2D eigenvalue weighted by molar-refractivity contribution is -0.275. The molecule has 5 nitrogen and oxygen atoms in total. The van der Waals surface area contributed by atoms with E-state index in [9.17, 15) is 53.8 Å². The zero-order valence-corrected chi connectivity index (χ0v) is 22.3. The number of hydrogen-bond donors (Lipinski definition) is 2. The number of aliphatic hydroxyl groups is 1. The highest BCUT2D eigenvalue weighted by Gasteiger charge is 2.46. The first-order valence-corrected chi connectivity index (χ1v) is 12.5. The van der Waals surface area contributed by atoms with Gasteiger partial charge < -0.3 is 19.9 Å². The summed E-state index contributed by atoms with van der Waals surface area (Å²) in [4.78, 5) is 13.6. The van der Waals surface area contributed by atoms with Crippen molar-refractivity contribution in [1.29, 1.82) is 0 Å². The maximum absolute atomic E-state index is 14.0. The van der Waals surface area contributed by atoms with Gasteiger partial charge in [-0.05, 0) is 59.2 Å². The fourth-order valence-electron chi connectivity index (χ4n) is 4.59. The molecule has 0 heterocycles. The molecule has 1 amide bonds. The minimum Gasteiger partial charge on any atom is -0.406 e. The molecule has 15 heteroatoms. The number of halogens is 10. The predicted molar refractivity (Wildman–Crippen MR) is 137 cm³/mol. The minimum atomic E-state index is -5.24. The number of benzene rings is 4. The van der Waals surface area contributed by atoms with Crippen molar-refractivity contribution in [2.75, 3.05) is 0 Å². The Morgan fingerprint density at radius 1 is 0.667 bits per heavy atom. The molecular formula is C30H19F10NO4. The molecule has 0 bridgehead atoms. The summed E-state index contributed by atoms with van der Waals surface area (Å²) in [7, 11) is 0. The van der Waals surface area contributed by atoms with Crippen LogP contribution in [0.25, 0.3) is 0 Å². The van der Waals surface area contributed by atoms with E-state index in [0.717, 1.165) is 48.5 Å². The van der Waals surface area contributed by atoms with Gasteiger partial charge in [0.05, 0.1) is 5.56 Å². The van der Waals surface area contributed by atoms with E-state index >= 15 is 0 Å². The average molecular weight is 647 g/mol. The average Bonchev–Trinajstić information content (AvgIpc) is 2.94. The summed E-state index contributed by atoms with van der Waals surface area (Å²) in [6, 6.07) is 15.6. The lowest BCUT2D eigenvalue weighted by Crippen LogP contribution is -2.51. The fourth-order valence-corrected chi connectivity index (χ4v) is 4.59. The second-order valence-corrected chi connectivity index (χ2v) is 9.42. The molecule has 0 aliphatic rings. The second kappa shape index (κ2) is 12.3. The van der Waals surface area contributed by atoms with Crippen molar-refractivity contribution in [3.8, 4) is 11.5 Å². The van der Waals surface area contributed by atoms with Crippen LogP contribution in [0.4, 0.5) is 43.9 Å². The molecule has 1 unspecified atom stereocenters. The first-order valence-electron chi connectivity index (χ1n) is 12.5. The third-order valence-electron chi connectivity index (χ3n) is 6.42. The molecule has 0 aromatic heterocycles. The quantitative estimate of drug-likeness (QED) is 0.190. The van der Waals surface area contributed by atoms with Gasteiger partial charge in [-0.2, -0.15) is 13.2 Å². The van der Waals surface area contributed by atoms with E-state index in [1.807, 2.05) is 0 Å². The van der Waals surface area contributed by atoms with Crippen LogP contribution in [-0.4, -0.2) is 23.7 Å². The summed E-state index contributed by atoms with van der Waals surface area (Å²) in [6.07, 6.45) is -17.7. The maximum atomic E-state index is 14.0. The van der Waals surface area contributed by atoms with E-state index in [2.05, 4.69) is 14.8 Å². The monoisotopic (exact) mass is 647 g/mol. The Hall–Kier alpha value is -4.79. The van der Waals surface area contributed by atoms with Crippen molar-refractivity contribution >= 4 is 5.91 Å². The van der Waals surface area contributed by atoms with Gasteiger partial charge in [-0.25, -0.2) is 4.39 Å². The molecule has 2 N–H and O–H groups in total. The molecule has 1 atom stereocenters. The Morgan fingerprint density at radius 2 is 1.18 bits per heavy atom. The van der Waals surface area contributed by atoms with E-state index in [1.54, 1.807) is 0 Å². The van der Waals surface area contributed by atoms with Crippen LogP contribution in [0.2, 0.25) is 0 Å². The van der Waals surface area contributed by atoms with Gasteiger partial charge in [-0.1, -0.05) is 54.6 Å². The Bertz CT molecular complexity index is 1590. The number of aliphatic hydroxyl groups excluding tert-OH is 1. The highest BCUT2D eigenvalue weighted by molar-refractivity contribution is 5.95. The second-order valence-electron chi connectivity index (χ2n) is 9.42. The van der Waals surface area contributed by atoms with Crippen molar-refractivity contribution in [1.82, 2.24) is 5.32 Å². The van der Waals surface area contributed by atoms with Crippen molar-refractivity contribution in [3.63, 3.8) is 0 Å². The smallest absolute Gasteiger partial charge is 0.406 e. The van der Waals surface area contributed by atoms with Gasteiger partial charge >= 0.3 is 18.9 Å². The van der Waals surface area contributed by atoms with Crippen molar-refractivity contribution in [3.05, 3.63) is 131 Å². The molecule has 0 aliphatic heterocycles. The van der Waals surface area contributed by atoms with Crippen molar-refractivity contribution in [2.24, 2.45) is 0 Å². The number of amides is 1. The van der Waals surface area contributed by atoms with Crippen molar-refractivity contribution in [2.45, 2.75) is 30.5 Å². The van der Waals surface area contributed by atoms with Crippen LogP contribution in [0.15, 0.2) is 97.1 Å². The highest BCUT2D eigenvalue weighted by atomic mass is 19.4. The number of nitrogens with one attached hydrogen (secondary N) is 1.